The van der Waals surface area contributed by atoms with Crippen molar-refractivity contribution in [2.45, 2.75) is 43.0 Å². The Morgan fingerprint density at radius 1 is 0.659 bits per heavy atom. The number of ketones is 1. The van der Waals surface area contributed by atoms with Gasteiger partial charge in [-0.1, -0.05) is 97.1 Å². The highest BCUT2D eigenvalue weighted by Crippen LogP contribution is 2.46. The van der Waals surface area contributed by atoms with Gasteiger partial charge >= 0.3 is 11.9 Å². The van der Waals surface area contributed by atoms with Gasteiger partial charge in [-0.25, -0.2) is 9.59 Å². The molecule has 2 aliphatic rings. The molecule has 4 aromatic rings. The van der Waals surface area contributed by atoms with E-state index in [9.17, 15) is 29.7 Å². The van der Waals surface area contributed by atoms with Crippen LogP contribution in [0, 0.1) is 0 Å². The molecule has 0 fully saturated rings. The topological polar surface area (TPSA) is 130 Å². The number of hydrogen-bond donors (Lipinski definition) is 3. The summed E-state index contributed by atoms with van der Waals surface area (Å²) in [4.78, 5) is 38.4. The number of carbonyl (C=O) groups excluding carboxylic acids is 3. The third kappa shape index (κ3) is 5.11. The predicted molar refractivity (Wildman–Crippen MR) is 162 cm³/mol. The van der Waals surface area contributed by atoms with E-state index in [4.69, 9.17) is 9.47 Å². The van der Waals surface area contributed by atoms with Crippen molar-refractivity contribution in [3.63, 3.8) is 0 Å². The summed E-state index contributed by atoms with van der Waals surface area (Å²) in [6.07, 6.45) is -5.59. The number of aliphatic hydroxyl groups is 3. The summed E-state index contributed by atoms with van der Waals surface area (Å²) in [6.45, 7) is 0.779. The van der Waals surface area contributed by atoms with E-state index in [1.165, 1.54) is 0 Å². The van der Waals surface area contributed by atoms with E-state index in [0.717, 1.165) is 51.4 Å². The van der Waals surface area contributed by atoms with Crippen LogP contribution >= 0.6 is 0 Å². The van der Waals surface area contributed by atoms with Crippen LogP contribution in [0.1, 0.15) is 47.4 Å². The van der Waals surface area contributed by atoms with Gasteiger partial charge in [-0.2, -0.15) is 0 Å². The Morgan fingerprint density at radius 2 is 1.02 bits per heavy atom. The molecular weight excluding hydrogens is 560 g/mol. The van der Waals surface area contributed by atoms with E-state index in [1.54, 1.807) is 0 Å². The Kier molecular flexibility index (Phi) is 7.90. The Bertz CT molecular complexity index is 1650. The average molecular weight is 593 g/mol. The summed E-state index contributed by atoms with van der Waals surface area (Å²) in [5.41, 5.74) is 4.86. The van der Waals surface area contributed by atoms with Gasteiger partial charge in [0.1, 0.15) is 25.1 Å². The highest BCUT2D eigenvalue weighted by molar-refractivity contribution is 5.90. The molecule has 8 nitrogen and oxygen atoms in total. The molecule has 224 valence electrons. The fourth-order valence-corrected chi connectivity index (χ4v) is 6.48. The van der Waals surface area contributed by atoms with Crippen LogP contribution in [0.25, 0.3) is 22.3 Å². The molecule has 4 aromatic carbocycles. The van der Waals surface area contributed by atoms with Crippen molar-refractivity contribution in [3.05, 3.63) is 119 Å². The predicted octanol–water partition coefficient (Wildman–Crippen LogP) is 4.13. The Labute approximate surface area is 254 Å². The highest BCUT2D eigenvalue weighted by atomic mass is 16.6. The Balaban J connectivity index is 1.16. The smallest absolute Gasteiger partial charge is 0.341 e. The number of Topliss-reactive ketones (excluding diaryl/α,β-unsaturated/α-hetero) is 1. The van der Waals surface area contributed by atoms with E-state index in [-0.39, 0.29) is 25.0 Å². The van der Waals surface area contributed by atoms with Crippen LogP contribution in [0.2, 0.25) is 0 Å². The quantitative estimate of drug-likeness (QED) is 0.235. The maximum absolute atomic E-state index is 13.3. The first-order valence-corrected chi connectivity index (χ1v) is 14.5. The second-order valence-electron chi connectivity index (χ2n) is 11.4. The van der Waals surface area contributed by atoms with E-state index >= 15 is 0 Å². The van der Waals surface area contributed by atoms with Crippen LogP contribution in [0.3, 0.4) is 0 Å². The molecule has 8 heteroatoms. The van der Waals surface area contributed by atoms with Gasteiger partial charge in [0.15, 0.2) is 11.7 Å². The summed E-state index contributed by atoms with van der Waals surface area (Å²) in [6, 6.07) is 30.8. The first kappa shape index (κ1) is 29.4. The number of esters is 2. The number of fused-ring (bicyclic) bond motifs is 6. The number of benzene rings is 4. The van der Waals surface area contributed by atoms with Gasteiger partial charge in [0.25, 0.3) is 0 Å². The normalized spacial score (nSPS) is 16.1. The molecule has 3 N–H and O–H groups in total. The lowest BCUT2D eigenvalue weighted by molar-refractivity contribution is -0.196. The molecule has 0 aliphatic heterocycles. The van der Waals surface area contributed by atoms with Crippen molar-refractivity contribution in [1.29, 1.82) is 0 Å². The zero-order valence-corrected chi connectivity index (χ0v) is 24.1. The molecule has 0 amide bonds. The van der Waals surface area contributed by atoms with Crippen LogP contribution in [0.4, 0.5) is 0 Å². The number of aliphatic hydroxyl groups excluding tert-OH is 2. The third-order valence-electron chi connectivity index (χ3n) is 8.60. The molecule has 0 radical (unpaired) electrons. The minimum absolute atomic E-state index is 0.146. The zero-order chi connectivity index (χ0) is 31.0. The van der Waals surface area contributed by atoms with Crippen molar-refractivity contribution >= 4 is 17.7 Å². The molecule has 0 heterocycles. The summed E-state index contributed by atoms with van der Waals surface area (Å²) >= 11 is 0. The Morgan fingerprint density at radius 3 is 1.41 bits per heavy atom. The number of hydrogen-bond acceptors (Lipinski definition) is 8. The van der Waals surface area contributed by atoms with Crippen molar-refractivity contribution in [2.75, 3.05) is 13.2 Å². The van der Waals surface area contributed by atoms with Gasteiger partial charge in [-0.05, 0) is 51.4 Å². The highest BCUT2D eigenvalue weighted by Gasteiger charge is 2.51. The second kappa shape index (κ2) is 11.8. The van der Waals surface area contributed by atoms with Crippen molar-refractivity contribution in [1.82, 2.24) is 0 Å². The molecule has 1 unspecified atom stereocenters. The second-order valence-corrected chi connectivity index (χ2v) is 11.4. The summed E-state index contributed by atoms with van der Waals surface area (Å²) in [7, 11) is 0. The number of rotatable bonds is 10. The van der Waals surface area contributed by atoms with Gasteiger partial charge in [-0.15, -0.1) is 0 Å². The summed E-state index contributed by atoms with van der Waals surface area (Å²) in [5, 5.41) is 33.1. The molecule has 2 aliphatic carbocycles. The maximum atomic E-state index is 13.3. The van der Waals surface area contributed by atoms with E-state index in [2.05, 4.69) is 0 Å². The number of ether oxygens (including phenoxy) is 2. The van der Waals surface area contributed by atoms with Gasteiger partial charge in [-0.3, -0.25) is 4.79 Å². The standard InChI is InChI=1S/C36H32O8/c1-21(37)18-36(42,35(41)44-20-31-28-16-8-4-12-24(28)25-13-5-9-17-29(25)31)33(39)32(38)34(40)43-19-30-26-14-6-2-10-22(26)23-11-3-7-15-27(23)30/h2-17,30-33,38-39,42H,18-20H2,1H3/t32?,33-,36+/m1/s1. The molecule has 0 saturated carbocycles. The molecule has 0 saturated heterocycles. The molecule has 0 bridgehead atoms. The summed E-state index contributed by atoms with van der Waals surface area (Å²) in [5.74, 6) is -3.88. The summed E-state index contributed by atoms with van der Waals surface area (Å²) < 4.78 is 10.9. The average Bonchev–Trinajstić information content (AvgIpc) is 3.53. The van der Waals surface area contributed by atoms with Gasteiger partial charge in [0, 0.05) is 18.3 Å². The molecule has 6 rings (SSSR count). The molecule has 0 spiro atoms. The maximum Gasteiger partial charge on any atom is 0.341 e. The largest absolute Gasteiger partial charge is 0.463 e. The van der Waals surface area contributed by atoms with E-state index in [0.29, 0.717) is 0 Å². The van der Waals surface area contributed by atoms with Crippen molar-refractivity contribution < 1.29 is 39.2 Å². The lowest BCUT2D eigenvalue weighted by atomic mass is 9.87. The molecular formula is C36H32O8. The lowest BCUT2D eigenvalue weighted by Gasteiger charge is -2.32. The fourth-order valence-electron chi connectivity index (χ4n) is 6.48. The first-order valence-electron chi connectivity index (χ1n) is 14.5. The van der Waals surface area contributed by atoms with Crippen LogP contribution in [0.15, 0.2) is 97.1 Å². The Hall–Kier alpha value is -4.63. The SMILES string of the molecule is CC(=O)C[C@@](O)(C(=O)OCC1c2ccccc2-c2ccccc21)[C@H](O)C(O)C(=O)OCC1c2ccccc2-c2ccccc21. The number of carbonyl (C=O) groups is 3. The fraction of sp³-hybridized carbons (Fsp3) is 0.250. The lowest BCUT2D eigenvalue weighted by Crippen LogP contribution is -2.58. The zero-order valence-electron chi connectivity index (χ0n) is 24.1. The van der Waals surface area contributed by atoms with Crippen LogP contribution in [-0.4, -0.2) is 64.1 Å². The van der Waals surface area contributed by atoms with E-state index < -0.39 is 42.0 Å². The van der Waals surface area contributed by atoms with Crippen molar-refractivity contribution in [2.24, 2.45) is 0 Å². The molecule has 0 aromatic heterocycles. The minimum atomic E-state index is -2.89. The van der Waals surface area contributed by atoms with Crippen molar-refractivity contribution in [3.8, 4) is 22.3 Å². The minimum Gasteiger partial charge on any atom is -0.463 e. The van der Waals surface area contributed by atoms with Crippen LogP contribution < -0.4 is 0 Å². The monoisotopic (exact) mass is 592 g/mol. The third-order valence-corrected chi connectivity index (χ3v) is 8.60. The van der Waals surface area contributed by atoms with E-state index in [1.807, 2.05) is 97.1 Å². The van der Waals surface area contributed by atoms with Crippen LogP contribution in [-0.2, 0) is 23.9 Å². The van der Waals surface area contributed by atoms with Gasteiger partial charge in [0.2, 0.25) is 0 Å². The molecule has 44 heavy (non-hydrogen) atoms. The van der Waals surface area contributed by atoms with Gasteiger partial charge < -0.3 is 24.8 Å². The van der Waals surface area contributed by atoms with Crippen LogP contribution in [0.5, 0.6) is 0 Å². The first-order chi connectivity index (χ1) is 21.2. The molecule has 3 atom stereocenters. The van der Waals surface area contributed by atoms with Gasteiger partial charge in [0.05, 0.1) is 0 Å².